The third-order valence-corrected chi connectivity index (χ3v) is 4.36. The molecule has 0 spiro atoms. The summed E-state index contributed by atoms with van der Waals surface area (Å²) in [7, 11) is 0. The average molecular weight is 306 g/mol. The van der Waals surface area contributed by atoms with Gasteiger partial charge in [-0.1, -0.05) is 25.5 Å². The maximum atomic E-state index is 12.0. The van der Waals surface area contributed by atoms with Crippen LogP contribution in [0.25, 0.3) is 0 Å². The van der Waals surface area contributed by atoms with Crippen molar-refractivity contribution in [1.29, 1.82) is 0 Å². The van der Waals surface area contributed by atoms with Gasteiger partial charge in [0.25, 0.3) is 0 Å². The number of amides is 1. The summed E-state index contributed by atoms with van der Waals surface area (Å²) < 4.78 is 0.717. The zero-order valence-electron chi connectivity index (χ0n) is 11.7. The van der Waals surface area contributed by atoms with Crippen LogP contribution >= 0.6 is 23.6 Å². The molecule has 20 heavy (non-hydrogen) atoms. The van der Waals surface area contributed by atoms with Gasteiger partial charge in [-0.2, -0.15) is 0 Å². The second-order valence-corrected chi connectivity index (χ2v) is 6.51. The van der Waals surface area contributed by atoms with Crippen molar-refractivity contribution in [2.45, 2.75) is 33.1 Å². The van der Waals surface area contributed by atoms with E-state index in [1.807, 2.05) is 19.1 Å². The first-order valence-corrected chi connectivity index (χ1v) is 7.88. The van der Waals surface area contributed by atoms with Gasteiger partial charge in [0, 0.05) is 16.3 Å². The number of hydrogen-bond acceptors (Lipinski definition) is 3. The Morgan fingerprint density at radius 3 is 2.60 bits per heavy atom. The molecule has 1 amide bonds. The van der Waals surface area contributed by atoms with E-state index >= 15 is 0 Å². The van der Waals surface area contributed by atoms with Crippen LogP contribution in [0.3, 0.4) is 0 Å². The van der Waals surface area contributed by atoms with E-state index in [1.165, 1.54) is 16.9 Å². The summed E-state index contributed by atoms with van der Waals surface area (Å²) in [6.07, 6.45) is 2.56. The van der Waals surface area contributed by atoms with Crippen molar-refractivity contribution < 1.29 is 4.79 Å². The van der Waals surface area contributed by atoms with Crippen LogP contribution in [-0.4, -0.2) is 10.9 Å². The molecule has 0 radical (unpaired) electrons. The molecule has 0 bridgehead atoms. The molecule has 3 nitrogen and oxygen atoms in total. The van der Waals surface area contributed by atoms with E-state index in [9.17, 15) is 4.79 Å². The van der Waals surface area contributed by atoms with E-state index in [0.29, 0.717) is 10.4 Å². The normalized spacial score (nSPS) is 10.5. The number of aryl methyl sites for hydroxylation is 2. The number of rotatable bonds is 5. The number of nitrogens with one attached hydrogen (secondary N) is 2. The number of H-pyrrole nitrogens is 1. The molecule has 1 aromatic heterocycles. The van der Waals surface area contributed by atoms with E-state index in [2.05, 4.69) is 29.4 Å². The van der Waals surface area contributed by atoms with Crippen molar-refractivity contribution >= 4 is 35.1 Å². The number of carbonyl (C=O) groups is 1. The Bertz CT molecular complexity index is 641. The molecule has 0 fully saturated rings. The minimum absolute atomic E-state index is 0.0124. The topological polar surface area (TPSA) is 44.9 Å². The fourth-order valence-corrected chi connectivity index (χ4v) is 3.29. The lowest BCUT2D eigenvalue weighted by atomic mass is 10.1. The summed E-state index contributed by atoms with van der Waals surface area (Å²) in [4.78, 5) is 16.0. The number of thiazole rings is 1. The van der Waals surface area contributed by atoms with E-state index in [4.69, 9.17) is 12.2 Å². The molecule has 1 aromatic carbocycles. The molecule has 0 aliphatic heterocycles. The highest BCUT2D eigenvalue weighted by molar-refractivity contribution is 7.73. The average Bonchev–Trinajstić information content (AvgIpc) is 2.70. The molecule has 0 atom stereocenters. The van der Waals surface area contributed by atoms with Gasteiger partial charge in [-0.05, 0) is 43.3 Å². The molecule has 1 heterocycles. The van der Waals surface area contributed by atoms with Gasteiger partial charge in [0.2, 0.25) is 5.91 Å². The molecular formula is C15H18N2OS2. The van der Waals surface area contributed by atoms with Gasteiger partial charge in [0.15, 0.2) is 3.95 Å². The van der Waals surface area contributed by atoms with Gasteiger partial charge in [-0.3, -0.25) is 4.79 Å². The van der Waals surface area contributed by atoms with Crippen molar-refractivity contribution in [2.24, 2.45) is 0 Å². The zero-order valence-corrected chi connectivity index (χ0v) is 13.3. The lowest BCUT2D eigenvalue weighted by Crippen LogP contribution is -2.14. The number of benzene rings is 1. The maximum Gasteiger partial charge on any atom is 0.229 e. The van der Waals surface area contributed by atoms with Crippen molar-refractivity contribution in [3.63, 3.8) is 0 Å². The van der Waals surface area contributed by atoms with Crippen molar-refractivity contribution in [3.8, 4) is 0 Å². The Hall–Kier alpha value is -1.46. The second kappa shape index (κ2) is 6.81. The first-order valence-electron chi connectivity index (χ1n) is 6.66. The molecule has 5 heteroatoms. The molecule has 0 aliphatic carbocycles. The smallest absolute Gasteiger partial charge is 0.229 e. The fourth-order valence-electron chi connectivity index (χ4n) is 2.00. The van der Waals surface area contributed by atoms with Crippen LogP contribution < -0.4 is 5.32 Å². The Kier molecular flexibility index (Phi) is 5.09. The minimum atomic E-state index is -0.0124. The summed E-state index contributed by atoms with van der Waals surface area (Å²) in [5.41, 5.74) is 3.12. The summed E-state index contributed by atoms with van der Waals surface area (Å²) in [6.45, 7) is 4.10. The van der Waals surface area contributed by atoms with Gasteiger partial charge in [-0.15, -0.1) is 11.3 Å². The number of anilines is 1. The van der Waals surface area contributed by atoms with E-state index < -0.39 is 0 Å². The standard InChI is InChI=1S/C15H18N2OS2/c1-3-4-11-5-7-12(8-6-11)17-14(18)9-13-10(2)16-15(19)20-13/h5-8H,3-4,9H2,1-2H3,(H,16,19)(H,17,18). The Morgan fingerprint density at radius 2 is 2.05 bits per heavy atom. The predicted octanol–water partition coefficient (Wildman–Crippen LogP) is 4.25. The largest absolute Gasteiger partial charge is 0.341 e. The highest BCUT2D eigenvalue weighted by Crippen LogP contribution is 2.16. The van der Waals surface area contributed by atoms with E-state index in [0.717, 1.165) is 29.1 Å². The van der Waals surface area contributed by atoms with Crippen molar-refractivity contribution in [1.82, 2.24) is 4.98 Å². The molecule has 0 saturated heterocycles. The van der Waals surface area contributed by atoms with E-state index in [1.54, 1.807) is 0 Å². The number of aromatic nitrogens is 1. The first kappa shape index (κ1) is 14.9. The third kappa shape index (κ3) is 4.02. The maximum absolute atomic E-state index is 12.0. The molecule has 0 aliphatic rings. The number of carbonyl (C=O) groups excluding carboxylic acids is 1. The molecule has 0 unspecified atom stereocenters. The summed E-state index contributed by atoms with van der Waals surface area (Å²) in [6, 6.07) is 8.03. The first-order chi connectivity index (χ1) is 9.58. The molecule has 2 rings (SSSR count). The lowest BCUT2D eigenvalue weighted by molar-refractivity contribution is -0.115. The zero-order chi connectivity index (χ0) is 14.5. The van der Waals surface area contributed by atoms with Gasteiger partial charge in [0.1, 0.15) is 0 Å². The van der Waals surface area contributed by atoms with Gasteiger partial charge in [0.05, 0.1) is 6.42 Å². The molecule has 106 valence electrons. The fraction of sp³-hybridized carbons (Fsp3) is 0.333. The van der Waals surface area contributed by atoms with Crippen LogP contribution in [-0.2, 0) is 17.6 Å². The van der Waals surface area contributed by atoms with Crippen LogP contribution in [0.15, 0.2) is 24.3 Å². The highest BCUT2D eigenvalue weighted by atomic mass is 32.1. The molecular weight excluding hydrogens is 288 g/mol. The monoisotopic (exact) mass is 306 g/mol. The summed E-state index contributed by atoms with van der Waals surface area (Å²) >= 11 is 6.53. The quantitative estimate of drug-likeness (QED) is 0.811. The molecule has 0 saturated carbocycles. The Morgan fingerprint density at radius 1 is 1.35 bits per heavy atom. The van der Waals surface area contributed by atoms with Gasteiger partial charge in [-0.25, -0.2) is 0 Å². The van der Waals surface area contributed by atoms with Crippen molar-refractivity contribution in [3.05, 3.63) is 44.4 Å². The Balaban J connectivity index is 1.97. The van der Waals surface area contributed by atoms with Gasteiger partial charge < -0.3 is 10.3 Å². The molecule has 2 aromatic rings. The predicted molar refractivity (Wildman–Crippen MR) is 87.0 cm³/mol. The molecule has 2 N–H and O–H groups in total. The lowest BCUT2D eigenvalue weighted by Gasteiger charge is -2.06. The van der Waals surface area contributed by atoms with Crippen LogP contribution in [0.2, 0.25) is 0 Å². The van der Waals surface area contributed by atoms with Crippen LogP contribution in [0.1, 0.15) is 29.5 Å². The van der Waals surface area contributed by atoms with E-state index in [-0.39, 0.29) is 5.91 Å². The van der Waals surface area contributed by atoms with Gasteiger partial charge >= 0.3 is 0 Å². The third-order valence-electron chi connectivity index (χ3n) is 3.02. The Labute approximate surface area is 128 Å². The second-order valence-electron chi connectivity index (χ2n) is 4.73. The number of aromatic amines is 1. The summed E-state index contributed by atoms with van der Waals surface area (Å²) in [5, 5.41) is 2.92. The van der Waals surface area contributed by atoms with Crippen LogP contribution in [0.5, 0.6) is 0 Å². The summed E-state index contributed by atoms with van der Waals surface area (Å²) in [5.74, 6) is -0.0124. The van der Waals surface area contributed by atoms with Crippen LogP contribution in [0.4, 0.5) is 5.69 Å². The number of hydrogen-bond donors (Lipinski definition) is 2. The SMILES string of the molecule is CCCc1ccc(NC(=O)Cc2sc(=S)[nH]c2C)cc1. The van der Waals surface area contributed by atoms with Crippen LogP contribution in [0, 0.1) is 10.9 Å². The highest BCUT2D eigenvalue weighted by Gasteiger charge is 2.09. The van der Waals surface area contributed by atoms with Crippen molar-refractivity contribution in [2.75, 3.05) is 5.32 Å². The minimum Gasteiger partial charge on any atom is -0.341 e.